The van der Waals surface area contributed by atoms with Crippen LogP contribution in [0.2, 0.25) is 0 Å². The molecule has 7 nitrogen and oxygen atoms in total. The van der Waals surface area contributed by atoms with Gasteiger partial charge in [-0.2, -0.15) is 0 Å². The zero-order valence-electron chi connectivity index (χ0n) is 10.9. The van der Waals surface area contributed by atoms with Gasteiger partial charge in [0.1, 0.15) is 24.7 Å². The number of ether oxygens (including phenoxy) is 1. The maximum atomic E-state index is 10.3. The lowest BCUT2D eigenvalue weighted by molar-refractivity contribution is -0.142. The minimum Gasteiger partial charge on any atom is -0.480 e. The van der Waals surface area contributed by atoms with Gasteiger partial charge in [0.15, 0.2) is 0 Å². The number of furan rings is 1. The molecular formula is C12H14N2O5. The van der Waals surface area contributed by atoms with E-state index < -0.39 is 12.6 Å². The smallest absolute Gasteiger partial charge is 0.329 e. The summed E-state index contributed by atoms with van der Waals surface area (Å²) >= 11 is 0. The van der Waals surface area contributed by atoms with E-state index in [0.29, 0.717) is 11.7 Å². The molecule has 0 radical (unpaired) electrons. The van der Waals surface area contributed by atoms with Gasteiger partial charge in [-0.3, -0.25) is 0 Å². The fourth-order valence-corrected chi connectivity index (χ4v) is 1.75. The number of aliphatic carboxylic acids is 1. The van der Waals surface area contributed by atoms with Gasteiger partial charge in [-0.05, 0) is 20.8 Å². The molecule has 0 bridgehead atoms. The average Bonchev–Trinajstić information content (AvgIpc) is 2.85. The second-order valence-electron chi connectivity index (χ2n) is 4.10. The Kier molecular flexibility index (Phi) is 3.66. The summed E-state index contributed by atoms with van der Waals surface area (Å²) in [7, 11) is 0. The van der Waals surface area contributed by atoms with Gasteiger partial charge in [-0.25, -0.2) is 4.79 Å². The van der Waals surface area contributed by atoms with Crippen molar-refractivity contribution in [2.75, 3.05) is 6.61 Å². The van der Waals surface area contributed by atoms with Crippen molar-refractivity contribution >= 4 is 5.97 Å². The number of nitrogens with zero attached hydrogens (tertiary/aromatic N) is 2. The number of rotatable bonds is 5. The Balaban J connectivity index is 2.14. The molecule has 0 unspecified atom stereocenters. The van der Waals surface area contributed by atoms with E-state index in [2.05, 4.69) is 10.2 Å². The number of carboxylic acids is 1. The Morgan fingerprint density at radius 2 is 1.95 bits per heavy atom. The first-order valence-electron chi connectivity index (χ1n) is 5.68. The molecule has 2 aromatic heterocycles. The van der Waals surface area contributed by atoms with Gasteiger partial charge in [-0.1, -0.05) is 0 Å². The minimum absolute atomic E-state index is 0.0335. The zero-order valence-corrected chi connectivity index (χ0v) is 10.9. The first kappa shape index (κ1) is 13.3. The molecule has 7 heteroatoms. The zero-order chi connectivity index (χ0) is 14.0. The topological polar surface area (TPSA) is 98.6 Å². The van der Waals surface area contributed by atoms with E-state index in [4.69, 9.17) is 18.7 Å². The number of hydrogen-bond donors (Lipinski definition) is 1. The summed E-state index contributed by atoms with van der Waals surface area (Å²) in [5.41, 5.74) is 1.72. The third-order valence-corrected chi connectivity index (χ3v) is 2.69. The van der Waals surface area contributed by atoms with Crippen LogP contribution < -0.4 is 0 Å². The second-order valence-corrected chi connectivity index (χ2v) is 4.10. The normalized spacial score (nSPS) is 10.9. The molecule has 0 atom stereocenters. The Bertz CT molecular complexity index is 599. The lowest BCUT2D eigenvalue weighted by atomic mass is 10.1. The Morgan fingerprint density at radius 1 is 1.21 bits per heavy atom. The van der Waals surface area contributed by atoms with E-state index in [0.717, 1.165) is 16.9 Å². The fourth-order valence-electron chi connectivity index (χ4n) is 1.75. The third-order valence-electron chi connectivity index (χ3n) is 2.69. The van der Waals surface area contributed by atoms with E-state index >= 15 is 0 Å². The van der Waals surface area contributed by atoms with Crippen molar-refractivity contribution in [3.05, 3.63) is 23.0 Å². The van der Waals surface area contributed by atoms with Gasteiger partial charge < -0.3 is 18.7 Å². The Morgan fingerprint density at radius 3 is 2.53 bits per heavy atom. The Labute approximate surface area is 109 Å². The van der Waals surface area contributed by atoms with Gasteiger partial charge in [0, 0.05) is 5.56 Å². The van der Waals surface area contributed by atoms with Crippen LogP contribution in [0, 0.1) is 20.8 Å². The van der Waals surface area contributed by atoms with Gasteiger partial charge in [0.2, 0.25) is 5.89 Å². The number of aryl methyl sites for hydroxylation is 2. The molecule has 0 saturated heterocycles. The quantitative estimate of drug-likeness (QED) is 0.881. The second kappa shape index (κ2) is 5.23. The van der Waals surface area contributed by atoms with E-state index in [-0.39, 0.29) is 12.5 Å². The van der Waals surface area contributed by atoms with Crippen molar-refractivity contribution in [1.82, 2.24) is 10.2 Å². The largest absolute Gasteiger partial charge is 0.480 e. The van der Waals surface area contributed by atoms with Gasteiger partial charge in [0.25, 0.3) is 5.89 Å². The van der Waals surface area contributed by atoms with Crippen molar-refractivity contribution in [2.24, 2.45) is 0 Å². The van der Waals surface area contributed by atoms with Crippen LogP contribution in [0.25, 0.3) is 11.5 Å². The Hall–Kier alpha value is -2.15. The maximum Gasteiger partial charge on any atom is 0.329 e. The van der Waals surface area contributed by atoms with Crippen LogP contribution in [0.5, 0.6) is 0 Å². The van der Waals surface area contributed by atoms with Gasteiger partial charge in [0.05, 0.1) is 5.56 Å². The van der Waals surface area contributed by atoms with Crippen molar-refractivity contribution in [2.45, 2.75) is 27.4 Å². The number of hydrogen-bond acceptors (Lipinski definition) is 6. The molecule has 0 saturated carbocycles. The maximum absolute atomic E-state index is 10.3. The van der Waals surface area contributed by atoms with E-state index in [1.165, 1.54) is 0 Å². The molecule has 0 spiro atoms. The highest BCUT2D eigenvalue weighted by Gasteiger charge is 2.19. The summed E-state index contributed by atoms with van der Waals surface area (Å²) in [6.07, 6.45) is 0. The molecule has 2 aromatic rings. The monoisotopic (exact) mass is 266 g/mol. The molecule has 0 fully saturated rings. The van der Waals surface area contributed by atoms with Crippen LogP contribution in [0.4, 0.5) is 0 Å². The molecule has 0 aromatic carbocycles. The molecule has 2 rings (SSSR count). The molecule has 2 heterocycles. The summed E-state index contributed by atoms with van der Waals surface area (Å²) in [6, 6.07) is 0. The van der Waals surface area contributed by atoms with Crippen LogP contribution >= 0.6 is 0 Å². The highest BCUT2D eigenvalue weighted by Crippen LogP contribution is 2.30. The third kappa shape index (κ3) is 2.82. The van der Waals surface area contributed by atoms with Crippen molar-refractivity contribution in [3.63, 3.8) is 0 Å². The molecule has 0 aliphatic carbocycles. The molecule has 1 N–H and O–H groups in total. The van der Waals surface area contributed by atoms with Gasteiger partial charge in [-0.15, -0.1) is 10.2 Å². The first-order valence-corrected chi connectivity index (χ1v) is 5.68. The number of carboxylic acid groups (broad SMARTS) is 1. The fraction of sp³-hybridized carbons (Fsp3) is 0.417. The van der Waals surface area contributed by atoms with Crippen LogP contribution in [0.15, 0.2) is 8.83 Å². The van der Waals surface area contributed by atoms with Crippen molar-refractivity contribution in [1.29, 1.82) is 0 Å². The summed E-state index contributed by atoms with van der Waals surface area (Å²) in [4.78, 5) is 10.3. The molecule has 0 aliphatic heterocycles. The average molecular weight is 266 g/mol. The SMILES string of the molecule is Cc1oc(C)c(-c2nnc(COCC(=O)O)o2)c1C. The van der Waals surface area contributed by atoms with Crippen molar-refractivity contribution < 1.29 is 23.5 Å². The lowest BCUT2D eigenvalue weighted by Gasteiger charge is -1.96. The van der Waals surface area contributed by atoms with E-state index in [1.54, 1.807) is 0 Å². The molecule has 0 amide bonds. The standard InChI is InChI=1S/C12H14N2O5/c1-6-7(2)18-8(3)11(6)12-14-13-9(19-12)4-17-5-10(15)16/h4-5H2,1-3H3,(H,15,16). The number of carbonyl (C=O) groups is 1. The van der Waals surface area contributed by atoms with Crippen molar-refractivity contribution in [3.8, 4) is 11.5 Å². The number of aromatic nitrogens is 2. The van der Waals surface area contributed by atoms with Crippen LogP contribution in [0.3, 0.4) is 0 Å². The van der Waals surface area contributed by atoms with Crippen LogP contribution in [-0.4, -0.2) is 27.9 Å². The molecule has 19 heavy (non-hydrogen) atoms. The molecular weight excluding hydrogens is 252 g/mol. The lowest BCUT2D eigenvalue weighted by Crippen LogP contribution is -2.06. The summed E-state index contributed by atoms with van der Waals surface area (Å²) in [6.45, 7) is 5.15. The molecule has 102 valence electrons. The summed E-state index contributed by atoms with van der Waals surface area (Å²) in [5.74, 6) is 1.04. The first-order chi connectivity index (χ1) is 8.99. The molecule has 0 aliphatic rings. The highest BCUT2D eigenvalue weighted by molar-refractivity contribution is 5.68. The predicted octanol–water partition coefficient (Wildman–Crippen LogP) is 1.86. The van der Waals surface area contributed by atoms with Crippen LogP contribution in [0.1, 0.15) is 23.0 Å². The predicted molar refractivity (Wildman–Crippen MR) is 63.5 cm³/mol. The highest BCUT2D eigenvalue weighted by atomic mass is 16.5. The van der Waals surface area contributed by atoms with E-state index in [1.807, 2.05) is 20.8 Å². The van der Waals surface area contributed by atoms with Crippen LogP contribution in [-0.2, 0) is 16.1 Å². The van der Waals surface area contributed by atoms with Gasteiger partial charge >= 0.3 is 5.97 Å². The summed E-state index contributed by atoms with van der Waals surface area (Å²) < 4.78 is 15.8. The minimum atomic E-state index is -1.04. The summed E-state index contributed by atoms with van der Waals surface area (Å²) in [5, 5.41) is 16.2. The van der Waals surface area contributed by atoms with E-state index in [9.17, 15) is 4.79 Å².